The number of sulfonamides is 1. The summed E-state index contributed by atoms with van der Waals surface area (Å²) in [5, 5.41) is 2.96. The van der Waals surface area contributed by atoms with Gasteiger partial charge in [0.05, 0.1) is 24.8 Å². The molecular formula is C31H39N3O6S. The van der Waals surface area contributed by atoms with E-state index in [0.29, 0.717) is 23.6 Å². The summed E-state index contributed by atoms with van der Waals surface area (Å²) in [5.74, 6) is 0.270. The second-order valence-electron chi connectivity index (χ2n) is 10.6. The lowest BCUT2D eigenvalue weighted by Gasteiger charge is -2.34. The third-order valence-electron chi connectivity index (χ3n) is 6.34. The third kappa shape index (κ3) is 8.23. The van der Waals surface area contributed by atoms with Crippen molar-refractivity contribution in [2.24, 2.45) is 0 Å². The topological polar surface area (TPSA) is 105 Å². The van der Waals surface area contributed by atoms with Gasteiger partial charge in [-0.1, -0.05) is 37.3 Å². The number of ether oxygens (including phenoxy) is 2. The van der Waals surface area contributed by atoms with E-state index in [1.165, 1.54) is 24.1 Å². The monoisotopic (exact) mass is 581 g/mol. The molecule has 0 aliphatic heterocycles. The lowest BCUT2D eigenvalue weighted by molar-refractivity contribution is -0.141. The summed E-state index contributed by atoms with van der Waals surface area (Å²) in [4.78, 5) is 29.0. The summed E-state index contributed by atoms with van der Waals surface area (Å²) in [6, 6.07) is 20.8. The maximum atomic E-state index is 14.1. The van der Waals surface area contributed by atoms with Crippen LogP contribution in [0.15, 0.2) is 83.8 Å². The Balaban J connectivity index is 2.05. The first-order valence-electron chi connectivity index (χ1n) is 13.4. The number of anilines is 1. The first-order valence-corrected chi connectivity index (χ1v) is 14.8. The van der Waals surface area contributed by atoms with Crippen LogP contribution in [0.3, 0.4) is 0 Å². The number of nitrogens with one attached hydrogen (secondary N) is 1. The van der Waals surface area contributed by atoms with Gasteiger partial charge in [0, 0.05) is 12.1 Å². The predicted molar refractivity (Wildman–Crippen MR) is 159 cm³/mol. The molecule has 3 rings (SSSR count). The number of carbonyl (C=O) groups is 2. The molecule has 0 aliphatic rings. The highest BCUT2D eigenvalue weighted by atomic mass is 32.2. The van der Waals surface area contributed by atoms with Gasteiger partial charge in [-0.25, -0.2) is 8.42 Å². The number of nitrogens with zero attached hydrogens (tertiary/aromatic N) is 2. The number of methoxy groups -OCH3 is 2. The standard InChI is InChI=1S/C31H39N3O6S/c1-7-28(30(36)32-31(2,3)4)33(21-23-12-11-15-26(20-23)40-6)29(35)22-34(24-13-9-8-10-14-24)41(37,38)27-18-16-25(39-5)17-19-27/h8-20,28H,7,21-22H2,1-6H3,(H,32,36)/t28-/m0/s1. The third-order valence-corrected chi connectivity index (χ3v) is 8.13. The lowest BCUT2D eigenvalue weighted by atomic mass is 10.1. The lowest BCUT2D eigenvalue weighted by Crippen LogP contribution is -2.55. The van der Waals surface area contributed by atoms with E-state index in [1.807, 2.05) is 33.8 Å². The van der Waals surface area contributed by atoms with Gasteiger partial charge in [0.15, 0.2) is 0 Å². The molecule has 41 heavy (non-hydrogen) atoms. The maximum absolute atomic E-state index is 14.1. The first kappa shape index (κ1) is 31.5. The van der Waals surface area contributed by atoms with Crippen LogP contribution >= 0.6 is 0 Å². The molecule has 220 valence electrons. The maximum Gasteiger partial charge on any atom is 0.264 e. The zero-order valence-electron chi connectivity index (χ0n) is 24.5. The van der Waals surface area contributed by atoms with Crippen LogP contribution in [0, 0.1) is 0 Å². The molecule has 0 saturated carbocycles. The van der Waals surface area contributed by atoms with E-state index >= 15 is 0 Å². The molecule has 0 unspecified atom stereocenters. The van der Waals surface area contributed by atoms with Crippen LogP contribution in [0.25, 0.3) is 0 Å². The fourth-order valence-corrected chi connectivity index (χ4v) is 5.75. The molecule has 0 bridgehead atoms. The Kier molecular flexibility index (Phi) is 10.4. The zero-order chi connectivity index (χ0) is 30.2. The molecule has 0 saturated heterocycles. The van der Waals surface area contributed by atoms with Crippen LogP contribution in [0.1, 0.15) is 39.7 Å². The molecule has 0 spiro atoms. The van der Waals surface area contributed by atoms with Crippen LogP contribution in [0.2, 0.25) is 0 Å². The number of rotatable bonds is 12. The minimum absolute atomic E-state index is 0.00631. The van der Waals surface area contributed by atoms with Crippen molar-refractivity contribution in [2.75, 3.05) is 25.1 Å². The van der Waals surface area contributed by atoms with Crippen molar-refractivity contribution >= 4 is 27.5 Å². The summed E-state index contributed by atoms with van der Waals surface area (Å²) < 4.78 is 39.4. The highest BCUT2D eigenvalue weighted by molar-refractivity contribution is 7.92. The van der Waals surface area contributed by atoms with Crippen molar-refractivity contribution in [1.82, 2.24) is 10.2 Å². The Labute approximate surface area is 243 Å². The molecule has 1 atom stereocenters. The molecular weight excluding hydrogens is 542 g/mol. The number of amides is 2. The Morgan fingerprint density at radius 2 is 1.51 bits per heavy atom. The van der Waals surface area contributed by atoms with E-state index < -0.39 is 34.1 Å². The van der Waals surface area contributed by atoms with Gasteiger partial charge in [0.25, 0.3) is 10.0 Å². The van der Waals surface area contributed by atoms with Crippen LogP contribution < -0.4 is 19.1 Å². The van der Waals surface area contributed by atoms with Gasteiger partial charge in [-0.2, -0.15) is 0 Å². The van der Waals surface area contributed by atoms with Crippen molar-refractivity contribution in [2.45, 2.75) is 57.1 Å². The molecule has 0 aliphatic carbocycles. The van der Waals surface area contributed by atoms with E-state index in [1.54, 1.807) is 67.8 Å². The number of carbonyl (C=O) groups excluding carboxylic acids is 2. The Bertz CT molecular complexity index is 1420. The number of hydrogen-bond donors (Lipinski definition) is 1. The van der Waals surface area contributed by atoms with Crippen LogP contribution in [-0.4, -0.2) is 57.5 Å². The minimum atomic E-state index is -4.16. The fraction of sp³-hybridized carbons (Fsp3) is 0.355. The van der Waals surface area contributed by atoms with Gasteiger partial charge in [-0.05, 0) is 81.3 Å². The second kappa shape index (κ2) is 13.5. The van der Waals surface area contributed by atoms with Gasteiger partial charge in [0.2, 0.25) is 11.8 Å². The summed E-state index contributed by atoms with van der Waals surface area (Å²) >= 11 is 0. The molecule has 9 nitrogen and oxygen atoms in total. The minimum Gasteiger partial charge on any atom is -0.497 e. The Morgan fingerprint density at radius 3 is 2.07 bits per heavy atom. The van der Waals surface area contributed by atoms with Gasteiger partial charge in [0.1, 0.15) is 24.1 Å². The smallest absolute Gasteiger partial charge is 0.264 e. The first-order chi connectivity index (χ1) is 19.4. The van der Waals surface area contributed by atoms with E-state index in [0.717, 1.165) is 9.87 Å². The molecule has 10 heteroatoms. The van der Waals surface area contributed by atoms with Crippen LogP contribution in [0.5, 0.6) is 11.5 Å². The summed E-state index contributed by atoms with van der Waals surface area (Å²) in [5.41, 5.74) is 0.539. The van der Waals surface area contributed by atoms with Crippen molar-refractivity contribution in [3.8, 4) is 11.5 Å². The number of para-hydroxylation sites is 1. The molecule has 0 heterocycles. The van der Waals surface area contributed by atoms with E-state index in [-0.39, 0.29) is 17.3 Å². The molecule has 2 amide bonds. The van der Waals surface area contributed by atoms with Gasteiger partial charge >= 0.3 is 0 Å². The van der Waals surface area contributed by atoms with Crippen LogP contribution in [0.4, 0.5) is 5.69 Å². The Hall–Kier alpha value is -4.05. The van der Waals surface area contributed by atoms with Crippen LogP contribution in [-0.2, 0) is 26.2 Å². The molecule has 0 aromatic heterocycles. The van der Waals surface area contributed by atoms with Crippen molar-refractivity contribution in [3.63, 3.8) is 0 Å². The average molecular weight is 582 g/mol. The zero-order valence-corrected chi connectivity index (χ0v) is 25.3. The molecule has 0 radical (unpaired) electrons. The fourth-order valence-electron chi connectivity index (χ4n) is 4.34. The van der Waals surface area contributed by atoms with Crippen molar-refractivity contribution in [3.05, 3.63) is 84.4 Å². The number of benzene rings is 3. The molecule has 1 N–H and O–H groups in total. The van der Waals surface area contributed by atoms with Gasteiger partial charge < -0.3 is 19.7 Å². The normalized spacial score (nSPS) is 12.2. The predicted octanol–water partition coefficient (Wildman–Crippen LogP) is 4.62. The molecule has 3 aromatic rings. The van der Waals surface area contributed by atoms with Crippen molar-refractivity contribution < 1.29 is 27.5 Å². The van der Waals surface area contributed by atoms with Gasteiger partial charge in [-0.3, -0.25) is 13.9 Å². The van der Waals surface area contributed by atoms with E-state index in [4.69, 9.17) is 9.47 Å². The quantitative estimate of drug-likeness (QED) is 0.335. The molecule has 3 aromatic carbocycles. The second-order valence-corrected chi connectivity index (χ2v) is 12.4. The average Bonchev–Trinajstić information content (AvgIpc) is 2.95. The van der Waals surface area contributed by atoms with Gasteiger partial charge in [-0.15, -0.1) is 0 Å². The SMILES string of the molecule is CC[C@@H](C(=O)NC(C)(C)C)N(Cc1cccc(OC)c1)C(=O)CN(c1ccccc1)S(=O)(=O)c1ccc(OC)cc1. The number of hydrogen-bond acceptors (Lipinski definition) is 6. The van der Waals surface area contributed by atoms with E-state index in [9.17, 15) is 18.0 Å². The Morgan fingerprint density at radius 1 is 0.878 bits per heavy atom. The highest BCUT2D eigenvalue weighted by Gasteiger charge is 2.34. The highest BCUT2D eigenvalue weighted by Crippen LogP contribution is 2.26. The largest absolute Gasteiger partial charge is 0.497 e. The van der Waals surface area contributed by atoms with E-state index in [2.05, 4.69) is 5.32 Å². The van der Waals surface area contributed by atoms with Crippen molar-refractivity contribution in [1.29, 1.82) is 0 Å². The molecule has 0 fully saturated rings. The summed E-state index contributed by atoms with van der Waals surface area (Å²) in [6.07, 6.45) is 0.328. The summed E-state index contributed by atoms with van der Waals surface area (Å²) in [6.45, 7) is 6.99. The summed E-state index contributed by atoms with van der Waals surface area (Å²) in [7, 11) is -1.12.